The molecule has 3 heterocycles. The Kier molecular flexibility index (Phi) is 8.31. The third-order valence-electron chi connectivity index (χ3n) is 5.00. The van der Waals surface area contributed by atoms with Crippen LogP contribution in [0.3, 0.4) is 0 Å². The Hall–Kier alpha value is -3.32. The van der Waals surface area contributed by atoms with Crippen LogP contribution in [0.2, 0.25) is 5.02 Å². The monoisotopic (exact) mass is 534 g/mol. The van der Waals surface area contributed by atoms with E-state index in [-0.39, 0.29) is 23.1 Å². The van der Waals surface area contributed by atoms with Gasteiger partial charge in [0.05, 0.1) is 11.6 Å². The number of amidine groups is 1. The third-order valence-corrected chi connectivity index (χ3v) is 8.28. The molecule has 3 aromatic rings. The van der Waals surface area contributed by atoms with Crippen molar-refractivity contribution in [3.8, 4) is 0 Å². The van der Waals surface area contributed by atoms with E-state index in [4.69, 9.17) is 30.6 Å². The van der Waals surface area contributed by atoms with Crippen molar-refractivity contribution in [3.63, 3.8) is 0 Å². The lowest BCUT2D eigenvalue weighted by Crippen LogP contribution is -2.30. The molecule has 0 saturated carbocycles. The van der Waals surface area contributed by atoms with Gasteiger partial charge in [-0.15, -0.1) is 0 Å². The molecule has 10 nitrogen and oxygen atoms in total. The van der Waals surface area contributed by atoms with Crippen LogP contribution < -0.4 is 10.0 Å². The Morgan fingerprint density at radius 1 is 1.25 bits per heavy atom. The second-order valence-corrected chi connectivity index (χ2v) is 10.6. The number of anilines is 1. The largest absolute Gasteiger partial charge is 0.461 e. The van der Waals surface area contributed by atoms with E-state index in [1.807, 2.05) is 5.41 Å². The number of halogens is 2. The van der Waals surface area contributed by atoms with E-state index < -0.39 is 22.0 Å². The van der Waals surface area contributed by atoms with Crippen molar-refractivity contribution in [1.29, 1.82) is 0 Å². The van der Waals surface area contributed by atoms with E-state index in [0.29, 0.717) is 29.7 Å². The Morgan fingerprint density at radius 3 is 2.78 bits per heavy atom. The highest BCUT2D eigenvalue weighted by molar-refractivity contribution is 8.46. The Balaban J connectivity index is 1.77. The zero-order valence-electron chi connectivity index (χ0n) is 19.5. The van der Waals surface area contributed by atoms with Crippen LogP contribution in [0, 0.1) is 5.82 Å². The van der Waals surface area contributed by atoms with Crippen molar-refractivity contribution >= 4 is 44.3 Å². The van der Waals surface area contributed by atoms with Gasteiger partial charge in [0.25, 0.3) is 0 Å². The number of methoxy groups -OCH3 is 1. The van der Waals surface area contributed by atoms with E-state index in [1.54, 1.807) is 32.5 Å². The highest BCUT2D eigenvalue weighted by Crippen LogP contribution is 2.59. The number of benzene rings is 1. The van der Waals surface area contributed by atoms with Gasteiger partial charge in [0.15, 0.2) is 16.6 Å². The minimum absolute atomic E-state index is 0.0298. The van der Waals surface area contributed by atoms with Crippen LogP contribution in [0.4, 0.5) is 10.1 Å². The van der Waals surface area contributed by atoms with Crippen molar-refractivity contribution in [3.05, 3.63) is 70.7 Å². The lowest BCUT2D eigenvalue weighted by Gasteiger charge is -2.36. The highest BCUT2D eigenvalue weighted by atomic mass is 35.5. The molecule has 2 aromatic heterocycles. The standard InChI is InChI=1S/C23H24ClFN6O4S/c1-3-34-22(32)19-10-21(35-31-19)20-13-36(28-7-4-8-33-2,16-11-26-14-27-12-16)23(30-20)29-15-5-6-18(25)17(24)9-15/h5-6,9-14,28H,3-4,7-8H2,1-2H3,(H,29,30). The van der Waals surface area contributed by atoms with Crippen LogP contribution in [-0.2, 0) is 9.47 Å². The summed E-state index contributed by atoms with van der Waals surface area (Å²) in [4.78, 5) is 26.0. The van der Waals surface area contributed by atoms with Gasteiger partial charge in [-0.25, -0.2) is 24.1 Å². The summed E-state index contributed by atoms with van der Waals surface area (Å²) in [5, 5.41) is 9.48. The highest BCUT2D eigenvalue weighted by Gasteiger charge is 2.37. The molecule has 0 radical (unpaired) electrons. The number of rotatable bonds is 10. The molecule has 0 amide bonds. The van der Waals surface area contributed by atoms with Gasteiger partial charge in [-0.2, -0.15) is 0 Å². The van der Waals surface area contributed by atoms with E-state index in [0.717, 1.165) is 11.3 Å². The number of carbonyl (C=O) groups excluding carboxylic acids is 1. The summed E-state index contributed by atoms with van der Waals surface area (Å²) in [6.45, 7) is 3.06. The smallest absolute Gasteiger partial charge is 0.360 e. The lowest BCUT2D eigenvalue weighted by molar-refractivity contribution is 0.0514. The maximum Gasteiger partial charge on any atom is 0.360 e. The van der Waals surface area contributed by atoms with Crippen LogP contribution in [0.5, 0.6) is 0 Å². The quantitative estimate of drug-likeness (QED) is 0.283. The molecule has 0 bridgehead atoms. The summed E-state index contributed by atoms with van der Waals surface area (Å²) in [5.74, 6) is -0.850. The number of aliphatic imine (C=N–C) groups is 1. The zero-order valence-corrected chi connectivity index (χ0v) is 21.1. The molecule has 1 aromatic carbocycles. The maximum absolute atomic E-state index is 13.8. The second kappa shape index (κ2) is 11.6. The van der Waals surface area contributed by atoms with Gasteiger partial charge in [0.2, 0.25) is 0 Å². The fourth-order valence-electron chi connectivity index (χ4n) is 3.32. The van der Waals surface area contributed by atoms with Gasteiger partial charge in [-0.05, 0) is 31.5 Å². The Morgan fingerprint density at radius 2 is 2.06 bits per heavy atom. The molecule has 190 valence electrons. The first-order valence-corrected chi connectivity index (χ1v) is 13.0. The molecular weight excluding hydrogens is 511 g/mol. The first-order valence-electron chi connectivity index (χ1n) is 11.0. The van der Waals surface area contributed by atoms with E-state index >= 15 is 0 Å². The number of ether oxygens (including phenoxy) is 2. The van der Waals surface area contributed by atoms with Crippen LogP contribution in [0.1, 0.15) is 29.6 Å². The van der Waals surface area contributed by atoms with Crippen molar-refractivity contribution < 1.29 is 23.2 Å². The van der Waals surface area contributed by atoms with Gasteiger partial charge in [0, 0.05) is 54.7 Å². The second-order valence-electron chi connectivity index (χ2n) is 7.45. The molecule has 0 spiro atoms. The van der Waals surface area contributed by atoms with Crippen molar-refractivity contribution in [2.45, 2.75) is 18.2 Å². The molecule has 0 saturated heterocycles. The summed E-state index contributed by atoms with van der Waals surface area (Å²) >= 11 is 6.01. The van der Waals surface area contributed by atoms with Crippen molar-refractivity contribution in [1.82, 2.24) is 19.8 Å². The summed E-state index contributed by atoms with van der Waals surface area (Å²) in [6.07, 6.45) is 5.56. The number of hydrogen-bond acceptors (Lipinski definition) is 10. The van der Waals surface area contributed by atoms with Crippen LogP contribution in [-0.4, -0.2) is 53.1 Å². The average molecular weight is 535 g/mol. The number of nitrogens with one attached hydrogen (secondary N) is 2. The molecule has 1 aliphatic rings. The minimum Gasteiger partial charge on any atom is -0.461 e. The normalized spacial score (nSPS) is 18.8. The van der Waals surface area contributed by atoms with Crippen LogP contribution in [0.25, 0.3) is 5.70 Å². The van der Waals surface area contributed by atoms with Gasteiger partial charge < -0.3 is 19.3 Å². The first kappa shape index (κ1) is 25.8. The number of esters is 1. The third kappa shape index (κ3) is 5.57. The number of hydrogen-bond donors (Lipinski definition) is 2. The Bertz CT molecular complexity index is 1290. The average Bonchev–Trinajstić information content (AvgIpc) is 3.51. The van der Waals surface area contributed by atoms with Crippen molar-refractivity contribution in [2.24, 2.45) is 4.99 Å². The van der Waals surface area contributed by atoms with Crippen LogP contribution in [0.15, 0.2) is 62.8 Å². The summed E-state index contributed by atoms with van der Waals surface area (Å²) in [6, 6.07) is 5.78. The van der Waals surface area contributed by atoms with Crippen molar-refractivity contribution in [2.75, 3.05) is 32.2 Å². The van der Waals surface area contributed by atoms with Crippen LogP contribution >= 0.6 is 21.8 Å². The zero-order chi connectivity index (χ0) is 25.5. The molecule has 4 rings (SSSR count). The summed E-state index contributed by atoms with van der Waals surface area (Å²) in [7, 11) is -0.557. The Labute approximate surface area is 213 Å². The number of carbonyl (C=O) groups is 1. The fraction of sp³-hybridized carbons (Fsp3) is 0.261. The summed E-state index contributed by atoms with van der Waals surface area (Å²) in [5.41, 5.74) is 1.00. The molecule has 2 N–H and O–H groups in total. The lowest BCUT2D eigenvalue weighted by atomic mass is 10.3. The van der Waals surface area contributed by atoms with Gasteiger partial charge in [-0.3, -0.25) is 4.72 Å². The van der Waals surface area contributed by atoms with Gasteiger partial charge in [0.1, 0.15) is 17.8 Å². The molecule has 0 aliphatic carbocycles. The molecular formula is C23H24ClFN6O4S. The van der Waals surface area contributed by atoms with E-state index in [9.17, 15) is 9.18 Å². The van der Waals surface area contributed by atoms with E-state index in [1.165, 1.54) is 24.5 Å². The SMILES string of the molecule is CCOC(=O)c1cc(C2=CS(NCCCOC)(c3cncnc3)C(Nc3ccc(F)c(Cl)c3)=N2)on1. The number of nitrogens with zero attached hydrogens (tertiary/aromatic N) is 4. The summed E-state index contributed by atoms with van der Waals surface area (Å²) < 4.78 is 33.0. The number of aromatic nitrogens is 3. The predicted octanol–water partition coefficient (Wildman–Crippen LogP) is 4.62. The fourth-order valence-corrected chi connectivity index (χ4v) is 6.31. The molecule has 36 heavy (non-hydrogen) atoms. The molecule has 1 unspecified atom stereocenters. The molecule has 0 fully saturated rings. The minimum atomic E-state index is -2.20. The molecule has 1 atom stereocenters. The maximum atomic E-state index is 13.8. The van der Waals surface area contributed by atoms with Gasteiger partial charge in [-0.1, -0.05) is 27.0 Å². The first-order chi connectivity index (χ1) is 17.5. The molecule has 1 aliphatic heterocycles. The van der Waals surface area contributed by atoms with E-state index in [2.05, 4.69) is 25.2 Å². The van der Waals surface area contributed by atoms with Gasteiger partial charge >= 0.3 is 5.97 Å². The molecule has 13 heteroatoms. The topological polar surface area (TPSA) is 124 Å². The predicted molar refractivity (Wildman–Crippen MR) is 135 cm³/mol.